The van der Waals surface area contributed by atoms with Crippen LogP contribution >= 0.6 is 0 Å². The van der Waals surface area contributed by atoms with Crippen LogP contribution in [0.25, 0.3) is 0 Å². The lowest BCUT2D eigenvalue weighted by molar-refractivity contribution is -0.115. The van der Waals surface area contributed by atoms with E-state index in [0.29, 0.717) is 17.8 Å². The molecule has 0 atom stereocenters. The molecule has 1 aliphatic heterocycles. The number of carbonyl (C=O) groups is 2. The zero-order valence-corrected chi connectivity index (χ0v) is 13.7. The lowest BCUT2D eigenvalue weighted by Gasteiger charge is -2.30. The number of rotatable bonds is 4. The normalized spacial score (nSPS) is 13.1. The van der Waals surface area contributed by atoms with Gasteiger partial charge in [0.2, 0.25) is 5.91 Å². The third-order valence-corrected chi connectivity index (χ3v) is 4.18. The molecule has 0 aliphatic carbocycles. The summed E-state index contributed by atoms with van der Waals surface area (Å²) in [5.74, 6) is -0.253. The van der Waals surface area contributed by atoms with Crippen LogP contribution in [-0.4, -0.2) is 32.0 Å². The number of fused-ring (bicyclic) bond motifs is 1. The smallest absolute Gasteiger partial charge is 0.251 e. The van der Waals surface area contributed by atoms with E-state index in [0.717, 1.165) is 25.1 Å². The van der Waals surface area contributed by atoms with Gasteiger partial charge >= 0.3 is 0 Å². The largest absolute Gasteiger partial charge is 0.362 e. The minimum atomic E-state index is -0.170. The van der Waals surface area contributed by atoms with Gasteiger partial charge in [0.15, 0.2) is 0 Å². The molecule has 3 rings (SSSR count). The number of hydrogen-bond acceptors (Lipinski definition) is 3. The summed E-state index contributed by atoms with van der Waals surface area (Å²) in [7, 11) is 1.58. The summed E-state index contributed by atoms with van der Waals surface area (Å²) in [5.41, 5.74) is 3.58. The van der Waals surface area contributed by atoms with E-state index >= 15 is 0 Å². The molecule has 124 valence electrons. The fourth-order valence-corrected chi connectivity index (χ4v) is 3.03. The van der Waals surface area contributed by atoms with E-state index < -0.39 is 0 Å². The molecule has 0 radical (unpaired) electrons. The van der Waals surface area contributed by atoms with Gasteiger partial charge in [-0.05, 0) is 42.7 Å². The molecule has 0 saturated carbocycles. The van der Waals surface area contributed by atoms with Crippen LogP contribution in [-0.2, 0) is 11.2 Å². The Morgan fingerprint density at radius 3 is 2.79 bits per heavy atom. The maximum atomic E-state index is 12.4. The van der Waals surface area contributed by atoms with Crippen molar-refractivity contribution in [3.8, 4) is 0 Å². The van der Waals surface area contributed by atoms with Crippen LogP contribution in [0.4, 0.5) is 11.4 Å². The van der Waals surface area contributed by atoms with Crippen LogP contribution in [0.1, 0.15) is 22.3 Å². The molecule has 2 aromatic rings. The van der Waals surface area contributed by atoms with Crippen molar-refractivity contribution in [1.29, 1.82) is 0 Å². The fraction of sp³-hybridized carbons (Fsp3) is 0.263. The average molecular weight is 323 g/mol. The molecular formula is C19H21N3O2. The van der Waals surface area contributed by atoms with E-state index in [1.54, 1.807) is 31.3 Å². The van der Waals surface area contributed by atoms with Crippen molar-refractivity contribution in [2.45, 2.75) is 12.8 Å². The van der Waals surface area contributed by atoms with E-state index in [-0.39, 0.29) is 11.8 Å². The summed E-state index contributed by atoms with van der Waals surface area (Å²) in [6.45, 7) is 1.18. The van der Waals surface area contributed by atoms with E-state index in [1.807, 2.05) is 12.1 Å². The Bertz CT molecular complexity index is 758. The summed E-state index contributed by atoms with van der Waals surface area (Å²) < 4.78 is 0. The van der Waals surface area contributed by atoms with Gasteiger partial charge in [0.1, 0.15) is 0 Å². The number of aryl methyl sites for hydroxylation is 1. The highest BCUT2D eigenvalue weighted by Gasteiger charge is 2.18. The number of hydrogen-bond donors (Lipinski definition) is 2. The number of benzene rings is 2. The molecule has 24 heavy (non-hydrogen) atoms. The third kappa shape index (κ3) is 3.56. The van der Waals surface area contributed by atoms with E-state index in [4.69, 9.17) is 0 Å². The summed E-state index contributed by atoms with van der Waals surface area (Å²) >= 11 is 0. The standard InChI is InChI=1S/C19H21N3O2/c1-20-19(24)15-7-4-9-16(12-15)21-18(23)13-22-11-5-8-14-6-2-3-10-17(14)22/h2-4,6-7,9-10,12H,5,8,11,13H2,1H3,(H,20,24)(H,21,23). The number of anilines is 2. The van der Waals surface area contributed by atoms with Gasteiger partial charge in [-0.15, -0.1) is 0 Å². The maximum absolute atomic E-state index is 12.4. The van der Waals surface area contributed by atoms with Crippen molar-refractivity contribution in [3.63, 3.8) is 0 Å². The minimum absolute atomic E-state index is 0.0826. The number of amides is 2. The zero-order valence-electron chi connectivity index (χ0n) is 13.7. The molecule has 5 nitrogen and oxygen atoms in total. The summed E-state index contributed by atoms with van der Waals surface area (Å²) in [4.78, 5) is 26.2. The molecule has 0 saturated heterocycles. The van der Waals surface area contributed by atoms with Gasteiger partial charge < -0.3 is 15.5 Å². The van der Waals surface area contributed by atoms with Crippen molar-refractivity contribution < 1.29 is 9.59 Å². The first kappa shape index (κ1) is 16.1. The Hall–Kier alpha value is -2.82. The van der Waals surface area contributed by atoms with Gasteiger partial charge in [0, 0.05) is 30.5 Å². The molecule has 2 aromatic carbocycles. The average Bonchev–Trinajstić information content (AvgIpc) is 2.61. The molecule has 1 aliphatic rings. The van der Waals surface area contributed by atoms with Crippen LogP contribution in [0.2, 0.25) is 0 Å². The molecular weight excluding hydrogens is 302 g/mol. The van der Waals surface area contributed by atoms with Crippen LogP contribution in [0.5, 0.6) is 0 Å². The summed E-state index contributed by atoms with van der Waals surface area (Å²) in [5, 5.41) is 5.46. The van der Waals surface area contributed by atoms with Gasteiger partial charge in [0.25, 0.3) is 5.91 Å². The number of carbonyl (C=O) groups excluding carboxylic acids is 2. The Morgan fingerprint density at radius 2 is 1.96 bits per heavy atom. The lowest BCUT2D eigenvalue weighted by atomic mass is 10.0. The van der Waals surface area contributed by atoms with Crippen molar-refractivity contribution in [3.05, 3.63) is 59.7 Å². The topological polar surface area (TPSA) is 61.4 Å². The van der Waals surface area contributed by atoms with Crippen LogP contribution < -0.4 is 15.5 Å². The van der Waals surface area contributed by atoms with Crippen molar-refractivity contribution in [2.24, 2.45) is 0 Å². The van der Waals surface area contributed by atoms with E-state index in [9.17, 15) is 9.59 Å². The van der Waals surface area contributed by atoms with Gasteiger partial charge in [-0.25, -0.2) is 0 Å². The quantitative estimate of drug-likeness (QED) is 0.908. The van der Waals surface area contributed by atoms with Gasteiger partial charge in [0.05, 0.1) is 6.54 Å². The Kier molecular flexibility index (Phi) is 4.79. The first-order valence-electron chi connectivity index (χ1n) is 8.12. The molecule has 2 amide bonds. The molecule has 1 heterocycles. The van der Waals surface area contributed by atoms with E-state index in [1.165, 1.54) is 5.56 Å². The first-order valence-corrected chi connectivity index (χ1v) is 8.12. The van der Waals surface area contributed by atoms with Gasteiger partial charge in [-0.1, -0.05) is 24.3 Å². The predicted molar refractivity (Wildman–Crippen MR) is 95.4 cm³/mol. The highest BCUT2D eigenvalue weighted by atomic mass is 16.2. The lowest BCUT2D eigenvalue weighted by Crippen LogP contribution is -2.36. The SMILES string of the molecule is CNC(=O)c1cccc(NC(=O)CN2CCCc3ccccc32)c1. The molecule has 2 N–H and O–H groups in total. The molecule has 0 spiro atoms. The highest BCUT2D eigenvalue weighted by Crippen LogP contribution is 2.26. The van der Waals surface area contributed by atoms with Crippen LogP contribution in [0.3, 0.4) is 0 Å². The van der Waals surface area contributed by atoms with Crippen LogP contribution in [0.15, 0.2) is 48.5 Å². The van der Waals surface area contributed by atoms with Gasteiger partial charge in [-0.2, -0.15) is 0 Å². The minimum Gasteiger partial charge on any atom is -0.362 e. The van der Waals surface area contributed by atoms with Crippen LogP contribution in [0, 0.1) is 0 Å². The second kappa shape index (κ2) is 7.17. The zero-order chi connectivity index (χ0) is 16.9. The predicted octanol–water partition coefficient (Wildman–Crippen LogP) is 2.44. The summed E-state index contributed by atoms with van der Waals surface area (Å²) in [6, 6.07) is 15.2. The maximum Gasteiger partial charge on any atom is 0.251 e. The number of nitrogens with one attached hydrogen (secondary N) is 2. The molecule has 0 bridgehead atoms. The highest BCUT2D eigenvalue weighted by molar-refractivity contribution is 5.98. The number of para-hydroxylation sites is 1. The molecule has 0 aromatic heterocycles. The second-order valence-corrected chi connectivity index (χ2v) is 5.86. The number of nitrogens with zero attached hydrogens (tertiary/aromatic N) is 1. The molecule has 0 fully saturated rings. The Morgan fingerprint density at radius 1 is 1.12 bits per heavy atom. The Balaban J connectivity index is 1.68. The monoisotopic (exact) mass is 323 g/mol. The van der Waals surface area contributed by atoms with E-state index in [2.05, 4.69) is 27.7 Å². The first-order chi connectivity index (χ1) is 11.7. The summed E-state index contributed by atoms with van der Waals surface area (Å²) in [6.07, 6.45) is 2.11. The molecule has 5 heteroatoms. The van der Waals surface area contributed by atoms with Crippen molar-refractivity contribution in [1.82, 2.24) is 5.32 Å². The second-order valence-electron chi connectivity index (χ2n) is 5.86. The molecule has 0 unspecified atom stereocenters. The van der Waals surface area contributed by atoms with Crippen molar-refractivity contribution >= 4 is 23.2 Å². The van der Waals surface area contributed by atoms with Gasteiger partial charge in [-0.3, -0.25) is 9.59 Å². The Labute approximate surface area is 141 Å². The third-order valence-electron chi connectivity index (χ3n) is 4.18. The van der Waals surface area contributed by atoms with Crippen molar-refractivity contribution in [2.75, 3.05) is 30.4 Å². The fourth-order valence-electron chi connectivity index (χ4n) is 3.03.